The van der Waals surface area contributed by atoms with Crippen LogP contribution in [-0.2, 0) is 9.84 Å². The molecule has 2 fully saturated rings. The topological polar surface area (TPSA) is 125 Å². The Balaban J connectivity index is 1.15. The molecule has 0 spiro atoms. The second-order valence-electron chi connectivity index (χ2n) is 8.49. The van der Waals surface area contributed by atoms with Crippen molar-refractivity contribution in [2.75, 3.05) is 47.9 Å². The van der Waals surface area contributed by atoms with E-state index in [4.69, 9.17) is 0 Å². The molecule has 0 aromatic heterocycles. The second-order valence-corrected chi connectivity index (χ2v) is 11.9. The number of nitrogens with zero attached hydrogens (tertiary/aromatic N) is 4. The van der Waals surface area contributed by atoms with Gasteiger partial charge in [-0.3, -0.25) is 19.9 Å². The number of nitro groups is 1. The van der Waals surface area contributed by atoms with E-state index in [9.17, 15) is 23.3 Å². The standard InChI is InChI=1S/C22H23N5O5S2/c28-21(26-11-9-25(10-12-26)17-5-7-18(8-6-17)27(29)30)15-1-3-16(4-2-15)23-22-24-19-13-34(31,32)14-20(19)33-22/h1-8,19-20H,9-14H2,(H,23,24)/t19-,20+/m1/s1. The summed E-state index contributed by atoms with van der Waals surface area (Å²) in [5.74, 6) is 0.241. The Morgan fingerprint density at radius 2 is 1.71 bits per heavy atom. The molecule has 3 aliphatic rings. The predicted molar refractivity (Wildman–Crippen MR) is 133 cm³/mol. The molecule has 2 saturated heterocycles. The summed E-state index contributed by atoms with van der Waals surface area (Å²) in [4.78, 5) is 31.8. The van der Waals surface area contributed by atoms with E-state index in [1.165, 1.54) is 23.9 Å². The van der Waals surface area contributed by atoms with Gasteiger partial charge in [0.15, 0.2) is 15.0 Å². The van der Waals surface area contributed by atoms with E-state index >= 15 is 0 Å². The molecule has 0 aliphatic carbocycles. The summed E-state index contributed by atoms with van der Waals surface area (Å²) in [6, 6.07) is 13.5. The lowest BCUT2D eigenvalue weighted by Crippen LogP contribution is -2.48. The van der Waals surface area contributed by atoms with Crippen LogP contribution in [0.2, 0.25) is 0 Å². The fourth-order valence-electron chi connectivity index (χ4n) is 4.37. The van der Waals surface area contributed by atoms with Gasteiger partial charge in [0.1, 0.15) is 0 Å². The fourth-order valence-corrected chi connectivity index (χ4v) is 8.05. The van der Waals surface area contributed by atoms with Gasteiger partial charge < -0.3 is 15.1 Å². The van der Waals surface area contributed by atoms with Gasteiger partial charge in [0.25, 0.3) is 11.6 Å². The van der Waals surface area contributed by atoms with Crippen LogP contribution in [0.25, 0.3) is 0 Å². The molecular formula is C22H23N5O5S2. The number of amides is 1. The normalized spacial score (nSPS) is 23.4. The molecule has 12 heteroatoms. The first-order valence-corrected chi connectivity index (χ1v) is 13.6. The number of fused-ring (bicyclic) bond motifs is 1. The summed E-state index contributed by atoms with van der Waals surface area (Å²) in [6.45, 7) is 2.43. The van der Waals surface area contributed by atoms with Gasteiger partial charge in [-0.1, -0.05) is 11.8 Å². The van der Waals surface area contributed by atoms with Crippen molar-refractivity contribution >= 4 is 49.7 Å². The number of rotatable bonds is 4. The first-order valence-electron chi connectivity index (χ1n) is 10.9. The third kappa shape index (κ3) is 4.73. The Morgan fingerprint density at radius 1 is 1.03 bits per heavy atom. The molecule has 3 aliphatic heterocycles. The lowest BCUT2D eigenvalue weighted by molar-refractivity contribution is -0.384. The van der Waals surface area contributed by atoms with Crippen LogP contribution in [-0.4, -0.2) is 78.3 Å². The summed E-state index contributed by atoms with van der Waals surface area (Å²) in [5, 5.41) is 14.7. The number of hydrogen-bond donors (Lipinski definition) is 1. The Labute approximate surface area is 201 Å². The Kier molecular flexibility index (Phi) is 5.94. The summed E-state index contributed by atoms with van der Waals surface area (Å²) in [6.07, 6.45) is 0. The van der Waals surface area contributed by atoms with Crippen LogP contribution in [0.15, 0.2) is 53.5 Å². The highest BCUT2D eigenvalue weighted by Gasteiger charge is 2.42. The first-order chi connectivity index (χ1) is 16.3. The maximum atomic E-state index is 12.9. The third-order valence-corrected chi connectivity index (χ3v) is 9.34. The molecule has 2 atom stereocenters. The number of anilines is 2. The molecule has 1 amide bonds. The van der Waals surface area contributed by atoms with Gasteiger partial charge in [-0.15, -0.1) is 0 Å². The highest BCUT2D eigenvalue weighted by atomic mass is 32.2. The number of nitro benzene ring substituents is 1. The van der Waals surface area contributed by atoms with Crippen molar-refractivity contribution in [3.63, 3.8) is 0 Å². The van der Waals surface area contributed by atoms with E-state index in [2.05, 4.69) is 15.2 Å². The van der Waals surface area contributed by atoms with Gasteiger partial charge in [-0.25, -0.2) is 8.42 Å². The first kappa shape index (κ1) is 22.7. The van der Waals surface area contributed by atoms with Gasteiger partial charge in [0, 0.05) is 60.5 Å². The van der Waals surface area contributed by atoms with Crippen molar-refractivity contribution in [1.29, 1.82) is 0 Å². The molecule has 2 aromatic carbocycles. The average Bonchev–Trinajstić information content (AvgIpc) is 3.31. The zero-order valence-electron chi connectivity index (χ0n) is 18.2. The molecule has 10 nitrogen and oxygen atoms in total. The number of non-ortho nitro benzene ring substituents is 1. The smallest absolute Gasteiger partial charge is 0.269 e. The van der Waals surface area contributed by atoms with Crippen LogP contribution >= 0.6 is 11.8 Å². The van der Waals surface area contributed by atoms with Crippen LogP contribution in [0.1, 0.15) is 10.4 Å². The van der Waals surface area contributed by atoms with Crippen molar-refractivity contribution in [2.24, 2.45) is 4.99 Å². The number of thioether (sulfide) groups is 1. The zero-order chi connectivity index (χ0) is 23.9. The Morgan fingerprint density at radius 3 is 2.32 bits per heavy atom. The number of benzene rings is 2. The Bertz CT molecular complexity index is 1240. The van der Waals surface area contributed by atoms with Crippen molar-refractivity contribution in [1.82, 2.24) is 4.90 Å². The molecular weight excluding hydrogens is 478 g/mol. The highest BCUT2D eigenvalue weighted by molar-refractivity contribution is 8.15. The quantitative estimate of drug-likeness (QED) is 0.500. The molecule has 1 N–H and O–H groups in total. The second kappa shape index (κ2) is 8.91. The number of piperazine rings is 1. The van der Waals surface area contributed by atoms with E-state index in [-0.39, 0.29) is 34.4 Å². The molecule has 2 aromatic rings. The van der Waals surface area contributed by atoms with Crippen molar-refractivity contribution in [2.45, 2.75) is 11.3 Å². The molecule has 34 heavy (non-hydrogen) atoms. The van der Waals surface area contributed by atoms with Gasteiger partial charge >= 0.3 is 0 Å². The van der Waals surface area contributed by atoms with Crippen LogP contribution in [0, 0.1) is 10.1 Å². The molecule has 0 unspecified atom stereocenters. The largest absolute Gasteiger partial charge is 0.368 e. The number of aliphatic imine (C=N–C) groups is 1. The highest BCUT2D eigenvalue weighted by Crippen LogP contribution is 2.34. The maximum absolute atomic E-state index is 12.9. The molecule has 0 radical (unpaired) electrons. The molecule has 178 valence electrons. The number of carbonyl (C=O) groups excluding carboxylic acids is 1. The van der Waals surface area contributed by atoms with Crippen LogP contribution in [0.5, 0.6) is 0 Å². The summed E-state index contributed by atoms with van der Waals surface area (Å²) >= 11 is 1.46. The lowest BCUT2D eigenvalue weighted by Gasteiger charge is -2.36. The van der Waals surface area contributed by atoms with Crippen molar-refractivity contribution in [3.8, 4) is 0 Å². The SMILES string of the molecule is O=C(c1ccc(NC2=N[C@@H]3CS(=O)(=O)C[C@@H]3S2)cc1)N1CCN(c2ccc([N+](=O)[O-])cc2)CC1. The maximum Gasteiger partial charge on any atom is 0.269 e. The number of carbonyl (C=O) groups is 1. The van der Waals surface area contributed by atoms with E-state index in [1.807, 2.05) is 17.0 Å². The number of sulfone groups is 1. The molecule has 5 rings (SSSR count). The van der Waals surface area contributed by atoms with E-state index in [0.29, 0.717) is 36.9 Å². The van der Waals surface area contributed by atoms with Gasteiger partial charge in [0.2, 0.25) is 0 Å². The number of amidine groups is 1. The predicted octanol–water partition coefficient (Wildman–Crippen LogP) is 2.24. The van der Waals surface area contributed by atoms with Crippen LogP contribution in [0.3, 0.4) is 0 Å². The van der Waals surface area contributed by atoms with Gasteiger partial charge in [0.05, 0.1) is 22.5 Å². The van der Waals surface area contributed by atoms with E-state index < -0.39 is 14.8 Å². The van der Waals surface area contributed by atoms with Crippen LogP contribution < -0.4 is 10.2 Å². The van der Waals surface area contributed by atoms with E-state index in [1.54, 1.807) is 24.3 Å². The minimum absolute atomic E-state index is 0.0157. The summed E-state index contributed by atoms with van der Waals surface area (Å²) < 4.78 is 23.4. The van der Waals surface area contributed by atoms with Crippen LogP contribution in [0.4, 0.5) is 17.1 Å². The fraction of sp³-hybridized carbons (Fsp3) is 0.364. The van der Waals surface area contributed by atoms with Crippen molar-refractivity contribution in [3.05, 3.63) is 64.2 Å². The monoisotopic (exact) mass is 501 g/mol. The lowest BCUT2D eigenvalue weighted by atomic mass is 10.1. The van der Waals surface area contributed by atoms with Crippen molar-refractivity contribution < 1.29 is 18.1 Å². The van der Waals surface area contributed by atoms with E-state index in [0.717, 1.165) is 11.4 Å². The number of hydrogen-bond acceptors (Lipinski definition) is 9. The minimum Gasteiger partial charge on any atom is -0.368 e. The van der Waals surface area contributed by atoms with Gasteiger partial charge in [-0.05, 0) is 36.4 Å². The third-order valence-electron chi connectivity index (χ3n) is 6.19. The minimum atomic E-state index is -2.98. The van der Waals surface area contributed by atoms with Gasteiger partial charge in [-0.2, -0.15) is 0 Å². The molecule has 3 heterocycles. The summed E-state index contributed by atoms with van der Waals surface area (Å²) in [5.41, 5.74) is 2.36. The average molecular weight is 502 g/mol. The summed E-state index contributed by atoms with van der Waals surface area (Å²) in [7, 11) is -2.98. The Hall–Kier alpha value is -3.12. The molecule has 0 saturated carbocycles. The molecule has 0 bridgehead atoms. The number of nitrogens with one attached hydrogen (secondary N) is 1. The zero-order valence-corrected chi connectivity index (χ0v) is 19.8.